The second-order valence-electron chi connectivity index (χ2n) is 3.95. The van der Waals surface area contributed by atoms with Crippen molar-refractivity contribution < 1.29 is 9.84 Å². The Morgan fingerprint density at radius 1 is 1.31 bits per heavy atom. The molecule has 16 heavy (non-hydrogen) atoms. The first-order valence-electron chi connectivity index (χ1n) is 5.74. The quantitative estimate of drug-likeness (QED) is 0.776. The van der Waals surface area contributed by atoms with Crippen molar-refractivity contribution >= 4 is 0 Å². The molecule has 0 saturated carbocycles. The summed E-state index contributed by atoms with van der Waals surface area (Å²) in [5.74, 6) is 0.837. The molecule has 0 unspecified atom stereocenters. The Morgan fingerprint density at radius 3 is 2.38 bits per heavy atom. The number of hydrogen-bond acceptors (Lipinski definition) is 3. The highest BCUT2D eigenvalue weighted by molar-refractivity contribution is 5.29. The van der Waals surface area contributed by atoms with Crippen LogP contribution in [0.25, 0.3) is 0 Å². The van der Waals surface area contributed by atoms with Gasteiger partial charge >= 0.3 is 0 Å². The summed E-state index contributed by atoms with van der Waals surface area (Å²) in [6.07, 6.45) is 0.652. The normalized spacial score (nSPS) is 14.5. The van der Waals surface area contributed by atoms with Crippen LogP contribution in [-0.4, -0.2) is 24.9 Å². The smallest absolute Gasteiger partial charge is 0.118 e. The SMILES string of the molecule is CCCN[C@@H](c1ccc(OC)cc1)[C@H](C)O. The van der Waals surface area contributed by atoms with Crippen molar-refractivity contribution in [2.75, 3.05) is 13.7 Å². The minimum absolute atomic E-state index is 0.00847. The van der Waals surface area contributed by atoms with Gasteiger partial charge < -0.3 is 15.2 Å². The van der Waals surface area contributed by atoms with Gasteiger partial charge in [-0.1, -0.05) is 19.1 Å². The molecule has 0 fully saturated rings. The lowest BCUT2D eigenvalue weighted by molar-refractivity contribution is 0.145. The second-order valence-corrected chi connectivity index (χ2v) is 3.95. The van der Waals surface area contributed by atoms with Crippen LogP contribution in [0.15, 0.2) is 24.3 Å². The van der Waals surface area contributed by atoms with Gasteiger partial charge in [-0.15, -0.1) is 0 Å². The van der Waals surface area contributed by atoms with Crippen molar-refractivity contribution in [2.24, 2.45) is 0 Å². The molecule has 2 N–H and O–H groups in total. The zero-order chi connectivity index (χ0) is 12.0. The van der Waals surface area contributed by atoms with Crippen molar-refractivity contribution in [3.8, 4) is 5.75 Å². The summed E-state index contributed by atoms with van der Waals surface area (Å²) in [5.41, 5.74) is 1.09. The minimum atomic E-state index is -0.403. The van der Waals surface area contributed by atoms with E-state index in [1.807, 2.05) is 24.3 Å². The van der Waals surface area contributed by atoms with E-state index in [0.29, 0.717) is 0 Å². The fourth-order valence-corrected chi connectivity index (χ4v) is 1.68. The number of nitrogens with one attached hydrogen (secondary N) is 1. The summed E-state index contributed by atoms with van der Waals surface area (Å²) >= 11 is 0. The molecule has 0 aliphatic carbocycles. The Bertz CT molecular complexity index is 295. The lowest BCUT2D eigenvalue weighted by Gasteiger charge is -2.22. The van der Waals surface area contributed by atoms with E-state index in [9.17, 15) is 5.11 Å². The van der Waals surface area contributed by atoms with E-state index in [1.54, 1.807) is 14.0 Å². The number of aliphatic hydroxyl groups is 1. The molecule has 0 aliphatic heterocycles. The summed E-state index contributed by atoms with van der Waals surface area (Å²) in [5, 5.41) is 13.1. The average molecular weight is 223 g/mol. The molecule has 1 aromatic carbocycles. The molecule has 0 aliphatic rings. The standard InChI is InChI=1S/C13H21NO2/c1-4-9-14-13(10(2)15)11-5-7-12(16-3)8-6-11/h5-8,10,13-15H,4,9H2,1-3H3/t10-,13+/m0/s1. The van der Waals surface area contributed by atoms with E-state index in [1.165, 1.54) is 0 Å². The molecule has 0 saturated heterocycles. The molecule has 0 aromatic heterocycles. The monoisotopic (exact) mass is 223 g/mol. The van der Waals surface area contributed by atoms with Gasteiger partial charge in [-0.3, -0.25) is 0 Å². The van der Waals surface area contributed by atoms with Gasteiger partial charge in [-0.05, 0) is 37.6 Å². The molecule has 1 rings (SSSR count). The van der Waals surface area contributed by atoms with Crippen LogP contribution in [-0.2, 0) is 0 Å². The van der Waals surface area contributed by atoms with Crippen LogP contribution in [0, 0.1) is 0 Å². The number of aliphatic hydroxyl groups excluding tert-OH is 1. The Hall–Kier alpha value is -1.06. The van der Waals surface area contributed by atoms with Gasteiger partial charge in [0.2, 0.25) is 0 Å². The third-order valence-corrected chi connectivity index (χ3v) is 2.57. The molecule has 3 heteroatoms. The van der Waals surface area contributed by atoms with Gasteiger partial charge in [0.15, 0.2) is 0 Å². The summed E-state index contributed by atoms with van der Waals surface area (Å²) in [6, 6.07) is 7.79. The van der Waals surface area contributed by atoms with Gasteiger partial charge in [0, 0.05) is 0 Å². The fraction of sp³-hybridized carbons (Fsp3) is 0.538. The average Bonchev–Trinajstić information content (AvgIpc) is 2.30. The molecular weight excluding hydrogens is 202 g/mol. The summed E-state index contributed by atoms with van der Waals surface area (Å²) < 4.78 is 5.11. The Morgan fingerprint density at radius 2 is 1.94 bits per heavy atom. The van der Waals surface area contributed by atoms with Crippen LogP contribution in [0.3, 0.4) is 0 Å². The van der Waals surface area contributed by atoms with E-state index in [-0.39, 0.29) is 6.04 Å². The molecule has 0 heterocycles. The molecule has 0 amide bonds. The van der Waals surface area contributed by atoms with Gasteiger partial charge in [-0.2, -0.15) is 0 Å². The minimum Gasteiger partial charge on any atom is -0.497 e. The van der Waals surface area contributed by atoms with Crippen LogP contribution < -0.4 is 10.1 Å². The lowest BCUT2D eigenvalue weighted by Crippen LogP contribution is -2.30. The highest BCUT2D eigenvalue weighted by Crippen LogP contribution is 2.20. The van der Waals surface area contributed by atoms with E-state index in [0.717, 1.165) is 24.3 Å². The first-order valence-corrected chi connectivity index (χ1v) is 5.74. The second kappa shape index (κ2) is 6.51. The van der Waals surface area contributed by atoms with Crippen molar-refractivity contribution in [3.05, 3.63) is 29.8 Å². The Balaban J connectivity index is 2.75. The predicted octanol–water partition coefficient (Wildman–Crippen LogP) is 2.12. The number of benzene rings is 1. The molecule has 0 spiro atoms. The molecule has 2 atom stereocenters. The van der Waals surface area contributed by atoms with Gasteiger partial charge in [0.1, 0.15) is 5.75 Å². The molecule has 0 radical (unpaired) electrons. The molecule has 3 nitrogen and oxygen atoms in total. The van der Waals surface area contributed by atoms with E-state index in [4.69, 9.17) is 4.74 Å². The summed E-state index contributed by atoms with van der Waals surface area (Å²) in [6.45, 7) is 4.82. The first kappa shape index (κ1) is 13.0. The molecule has 0 bridgehead atoms. The van der Waals surface area contributed by atoms with E-state index in [2.05, 4.69) is 12.2 Å². The first-order chi connectivity index (χ1) is 7.69. The van der Waals surface area contributed by atoms with Crippen LogP contribution >= 0.6 is 0 Å². The fourth-order valence-electron chi connectivity index (χ4n) is 1.68. The van der Waals surface area contributed by atoms with Crippen molar-refractivity contribution in [1.29, 1.82) is 0 Å². The van der Waals surface area contributed by atoms with Crippen LogP contribution in [0.2, 0.25) is 0 Å². The zero-order valence-electron chi connectivity index (χ0n) is 10.2. The van der Waals surface area contributed by atoms with E-state index >= 15 is 0 Å². The van der Waals surface area contributed by atoms with Crippen molar-refractivity contribution in [3.63, 3.8) is 0 Å². The topological polar surface area (TPSA) is 41.5 Å². The maximum absolute atomic E-state index is 9.72. The largest absolute Gasteiger partial charge is 0.497 e. The Labute approximate surface area is 97.4 Å². The van der Waals surface area contributed by atoms with Gasteiger partial charge in [-0.25, -0.2) is 0 Å². The van der Waals surface area contributed by atoms with Crippen molar-refractivity contribution in [1.82, 2.24) is 5.32 Å². The Kier molecular flexibility index (Phi) is 5.29. The summed E-state index contributed by atoms with van der Waals surface area (Å²) in [4.78, 5) is 0. The number of methoxy groups -OCH3 is 1. The van der Waals surface area contributed by atoms with Crippen LogP contribution in [0.4, 0.5) is 0 Å². The van der Waals surface area contributed by atoms with Crippen LogP contribution in [0.5, 0.6) is 5.75 Å². The zero-order valence-corrected chi connectivity index (χ0v) is 10.2. The lowest BCUT2D eigenvalue weighted by atomic mass is 10.0. The van der Waals surface area contributed by atoms with Gasteiger partial charge in [0.05, 0.1) is 19.3 Å². The molecular formula is C13H21NO2. The number of rotatable bonds is 6. The molecule has 90 valence electrons. The maximum atomic E-state index is 9.72. The number of ether oxygens (including phenoxy) is 1. The highest BCUT2D eigenvalue weighted by atomic mass is 16.5. The van der Waals surface area contributed by atoms with Crippen LogP contribution in [0.1, 0.15) is 31.9 Å². The van der Waals surface area contributed by atoms with E-state index < -0.39 is 6.10 Å². The molecule has 1 aromatic rings. The third kappa shape index (κ3) is 3.51. The summed E-state index contributed by atoms with van der Waals surface area (Å²) in [7, 11) is 1.65. The van der Waals surface area contributed by atoms with Crippen molar-refractivity contribution in [2.45, 2.75) is 32.4 Å². The highest BCUT2D eigenvalue weighted by Gasteiger charge is 2.15. The third-order valence-electron chi connectivity index (χ3n) is 2.57. The van der Waals surface area contributed by atoms with Gasteiger partial charge in [0.25, 0.3) is 0 Å². The maximum Gasteiger partial charge on any atom is 0.118 e. The predicted molar refractivity (Wildman–Crippen MR) is 65.7 cm³/mol. The number of hydrogen-bond donors (Lipinski definition) is 2.